The predicted octanol–water partition coefficient (Wildman–Crippen LogP) is 5.03. The van der Waals surface area contributed by atoms with Gasteiger partial charge in [0.15, 0.2) is 16.7 Å². The molecule has 0 unspecified atom stereocenters. The highest BCUT2D eigenvalue weighted by molar-refractivity contribution is 8.18. The minimum absolute atomic E-state index is 0.0227. The van der Waals surface area contributed by atoms with Gasteiger partial charge in [0.2, 0.25) is 0 Å². The highest BCUT2D eigenvalue weighted by Crippen LogP contribution is 2.36. The van der Waals surface area contributed by atoms with Gasteiger partial charge in [-0.25, -0.2) is 4.99 Å². The Hall–Kier alpha value is -2.44. The molecule has 1 aliphatic heterocycles. The highest BCUT2D eigenvalue weighted by Gasteiger charge is 2.25. The van der Waals surface area contributed by atoms with Crippen molar-refractivity contribution in [2.75, 3.05) is 7.11 Å². The molecule has 3 rings (SSSR count). The van der Waals surface area contributed by atoms with Gasteiger partial charge in [-0.3, -0.25) is 4.79 Å². The van der Waals surface area contributed by atoms with E-state index < -0.39 is 0 Å². The number of benzene rings is 2. The number of nitrogens with zero attached hydrogens (tertiary/aromatic N) is 1. The summed E-state index contributed by atoms with van der Waals surface area (Å²) in [6, 6.07) is 12.7. The molecule has 1 heterocycles. The van der Waals surface area contributed by atoms with Crippen molar-refractivity contribution in [3.05, 3.63) is 58.0 Å². The van der Waals surface area contributed by atoms with Crippen molar-refractivity contribution in [3.8, 4) is 11.5 Å². The number of amides is 1. The van der Waals surface area contributed by atoms with Crippen LogP contribution in [0.15, 0.2) is 52.4 Å². The van der Waals surface area contributed by atoms with E-state index in [1.807, 2.05) is 32.0 Å². The Morgan fingerprint density at radius 1 is 1.19 bits per heavy atom. The molecular formula is C20H19ClN2O3S. The number of carbonyl (C=O) groups is 1. The number of carbonyl (C=O) groups excluding carboxylic acids is 1. The van der Waals surface area contributed by atoms with Gasteiger partial charge in [-0.1, -0.05) is 23.7 Å². The van der Waals surface area contributed by atoms with Crippen LogP contribution in [0, 0.1) is 0 Å². The molecule has 0 radical (unpaired) electrons. The number of hydrogen-bond donors (Lipinski definition) is 1. The van der Waals surface area contributed by atoms with Crippen LogP contribution in [0.3, 0.4) is 0 Å². The number of para-hydroxylation sites is 1. The van der Waals surface area contributed by atoms with Crippen molar-refractivity contribution in [1.29, 1.82) is 0 Å². The number of methoxy groups -OCH3 is 1. The van der Waals surface area contributed by atoms with Crippen LogP contribution in [-0.2, 0) is 4.79 Å². The molecule has 1 N–H and O–H groups in total. The maximum Gasteiger partial charge on any atom is 0.264 e. The van der Waals surface area contributed by atoms with E-state index >= 15 is 0 Å². The van der Waals surface area contributed by atoms with E-state index in [0.29, 0.717) is 32.3 Å². The second-order valence-corrected chi connectivity index (χ2v) is 7.47. The number of thioether (sulfide) groups is 1. The fourth-order valence-electron chi connectivity index (χ4n) is 2.42. The van der Waals surface area contributed by atoms with Crippen LogP contribution < -0.4 is 14.8 Å². The zero-order valence-electron chi connectivity index (χ0n) is 15.2. The monoisotopic (exact) mass is 402 g/mol. The van der Waals surface area contributed by atoms with E-state index in [9.17, 15) is 4.79 Å². The molecule has 0 aliphatic carbocycles. The van der Waals surface area contributed by atoms with Crippen LogP contribution >= 0.6 is 23.4 Å². The first kappa shape index (κ1) is 19.3. The molecular weight excluding hydrogens is 384 g/mol. The van der Waals surface area contributed by atoms with Crippen molar-refractivity contribution >= 4 is 46.2 Å². The fourth-order valence-corrected chi connectivity index (χ4v) is 3.38. The summed E-state index contributed by atoms with van der Waals surface area (Å²) in [5.41, 5.74) is 1.49. The number of hydrogen-bond acceptors (Lipinski definition) is 5. The Kier molecular flexibility index (Phi) is 6.08. The Labute approximate surface area is 167 Å². The number of ether oxygens (including phenoxy) is 2. The minimum atomic E-state index is -0.203. The predicted molar refractivity (Wildman–Crippen MR) is 111 cm³/mol. The normalized spacial score (nSPS) is 16.9. The maximum absolute atomic E-state index is 12.3. The lowest BCUT2D eigenvalue weighted by atomic mass is 10.1. The van der Waals surface area contributed by atoms with E-state index in [2.05, 4.69) is 10.3 Å². The van der Waals surface area contributed by atoms with Crippen LogP contribution in [0.4, 0.5) is 5.69 Å². The highest BCUT2D eigenvalue weighted by atomic mass is 35.5. The summed E-state index contributed by atoms with van der Waals surface area (Å²) in [4.78, 5) is 17.3. The van der Waals surface area contributed by atoms with Crippen LogP contribution in [0.1, 0.15) is 19.4 Å². The topological polar surface area (TPSA) is 59.9 Å². The first-order valence-electron chi connectivity index (χ1n) is 8.35. The van der Waals surface area contributed by atoms with Gasteiger partial charge >= 0.3 is 0 Å². The smallest absolute Gasteiger partial charge is 0.264 e. The van der Waals surface area contributed by atoms with E-state index in [1.165, 1.54) is 11.8 Å². The lowest BCUT2D eigenvalue weighted by Gasteiger charge is -2.16. The summed E-state index contributed by atoms with van der Waals surface area (Å²) >= 11 is 7.16. The third kappa shape index (κ3) is 4.84. The first-order chi connectivity index (χ1) is 13.0. The summed E-state index contributed by atoms with van der Waals surface area (Å²) in [6.45, 7) is 3.88. The van der Waals surface area contributed by atoms with E-state index in [4.69, 9.17) is 21.1 Å². The molecule has 0 bridgehead atoms. The quantitative estimate of drug-likeness (QED) is 0.713. The SMILES string of the molecule is COc1cccc(/C=C2\SC(=Nc3ccc(Cl)cc3)NC2=O)c1OC(C)C. The average Bonchev–Trinajstić information content (AvgIpc) is 2.97. The van der Waals surface area contributed by atoms with Gasteiger partial charge in [0, 0.05) is 10.6 Å². The van der Waals surface area contributed by atoms with Crippen molar-refractivity contribution in [1.82, 2.24) is 5.32 Å². The molecule has 1 saturated heterocycles. The molecule has 7 heteroatoms. The van der Waals surface area contributed by atoms with E-state index in [1.54, 1.807) is 37.5 Å². The third-order valence-electron chi connectivity index (χ3n) is 3.58. The molecule has 0 spiro atoms. The lowest BCUT2D eigenvalue weighted by Crippen LogP contribution is -2.19. The molecule has 27 heavy (non-hydrogen) atoms. The third-order valence-corrected chi connectivity index (χ3v) is 4.74. The zero-order valence-corrected chi connectivity index (χ0v) is 16.7. The maximum atomic E-state index is 12.3. The molecule has 1 aliphatic rings. The second-order valence-electron chi connectivity index (χ2n) is 6.00. The van der Waals surface area contributed by atoms with Gasteiger partial charge in [-0.15, -0.1) is 0 Å². The van der Waals surface area contributed by atoms with Crippen molar-refractivity contribution in [2.45, 2.75) is 20.0 Å². The molecule has 0 saturated carbocycles. The Morgan fingerprint density at radius 3 is 2.59 bits per heavy atom. The Bertz CT molecular complexity index is 908. The van der Waals surface area contributed by atoms with Crippen LogP contribution in [-0.4, -0.2) is 24.3 Å². The molecule has 5 nitrogen and oxygen atoms in total. The van der Waals surface area contributed by atoms with Gasteiger partial charge in [-0.05, 0) is 62.0 Å². The summed E-state index contributed by atoms with van der Waals surface area (Å²) in [5.74, 6) is 1.03. The molecule has 140 valence electrons. The Balaban J connectivity index is 1.89. The molecule has 2 aromatic rings. The molecule has 0 aromatic heterocycles. The second kappa shape index (κ2) is 8.50. The molecule has 1 amide bonds. The Morgan fingerprint density at radius 2 is 1.93 bits per heavy atom. The van der Waals surface area contributed by atoms with Crippen molar-refractivity contribution < 1.29 is 14.3 Å². The molecule has 0 atom stereocenters. The minimum Gasteiger partial charge on any atom is -0.493 e. The van der Waals surface area contributed by atoms with E-state index in [-0.39, 0.29) is 12.0 Å². The summed E-state index contributed by atoms with van der Waals surface area (Å²) in [5, 5.41) is 3.93. The van der Waals surface area contributed by atoms with Gasteiger partial charge in [0.1, 0.15) is 0 Å². The van der Waals surface area contributed by atoms with Gasteiger partial charge in [0.05, 0.1) is 23.8 Å². The van der Waals surface area contributed by atoms with Gasteiger partial charge < -0.3 is 14.8 Å². The average molecular weight is 403 g/mol. The summed E-state index contributed by atoms with van der Waals surface area (Å²) in [6.07, 6.45) is 1.76. The summed E-state index contributed by atoms with van der Waals surface area (Å²) < 4.78 is 11.3. The number of rotatable bonds is 5. The fraction of sp³-hybridized carbons (Fsp3) is 0.200. The largest absolute Gasteiger partial charge is 0.493 e. The lowest BCUT2D eigenvalue weighted by molar-refractivity contribution is -0.115. The number of aliphatic imine (C=N–C) groups is 1. The van der Waals surface area contributed by atoms with Gasteiger partial charge in [0.25, 0.3) is 5.91 Å². The number of nitrogens with one attached hydrogen (secondary N) is 1. The first-order valence-corrected chi connectivity index (χ1v) is 9.54. The standard InChI is InChI=1S/C20H19ClN2O3S/c1-12(2)26-18-13(5-4-6-16(18)25-3)11-17-19(24)23-20(27-17)22-15-9-7-14(21)8-10-15/h4-12H,1-3H3,(H,22,23,24)/b17-11-. The van der Waals surface area contributed by atoms with Crippen LogP contribution in [0.5, 0.6) is 11.5 Å². The van der Waals surface area contributed by atoms with E-state index in [0.717, 1.165) is 5.56 Å². The number of halogens is 1. The zero-order chi connectivity index (χ0) is 19.4. The van der Waals surface area contributed by atoms with Crippen LogP contribution in [0.2, 0.25) is 5.02 Å². The molecule has 1 fully saturated rings. The molecule has 2 aromatic carbocycles. The number of amidine groups is 1. The van der Waals surface area contributed by atoms with Crippen molar-refractivity contribution in [3.63, 3.8) is 0 Å². The summed E-state index contributed by atoms with van der Waals surface area (Å²) in [7, 11) is 1.59. The van der Waals surface area contributed by atoms with Gasteiger partial charge in [-0.2, -0.15) is 0 Å². The van der Waals surface area contributed by atoms with Crippen molar-refractivity contribution in [2.24, 2.45) is 4.99 Å². The van der Waals surface area contributed by atoms with Crippen LogP contribution in [0.25, 0.3) is 6.08 Å².